The van der Waals surface area contributed by atoms with E-state index < -0.39 is 10.1 Å². The average molecular weight is 349 g/mol. The van der Waals surface area contributed by atoms with E-state index in [-0.39, 0.29) is 24.0 Å². The summed E-state index contributed by atoms with van der Waals surface area (Å²) in [5.41, 5.74) is 1.63. The Morgan fingerprint density at radius 1 is 1.00 bits per heavy atom. The van der Waals surface area contributed by atoms with Crippen molar-refractivity contribution in [2.75, 3.05) is 18.5 Å². The molecule has 0 aliphatic rings. The number of carbonyl (C=O) groups is 1. The fourth-order valence-corrected chi connectivity index (χ4v) is 2.81. The van der Waals surface area contributed by atoms with Crippen molar-refractivity contribution in [1.82, 2.24) is 0 Å². The molecule has 2 aromatic carbocycles. The molecule has 0 atom stereocenters. The zero-order valence-electron chi connectivity index (χ0n) is 13.5. The van der Waals surface area contributed by atoms with Crippen molar-refractivity contribution < 1.29 is 22.1 Å². The molecule has 6 nitrogen and oxygen atoms in total. The van der Waals surface area contributed by atoms with E-state index in [0.29, 0.717) is 11.4 Å². The van der Waals surface area contributed by atoms with Crippen LogP contribution >= 0.6 is 0 Å². The van der Waals surface area contributed by atoms with E-state index in [1.54, 1.807) is 36.4 Å². The Morgan fingerprint density at radius 2 is 1.62 bits per heavy atom. The Bertz CT molecular complexity index is 783. The van der Waals surface area contributed by atoms with Gasteiger partial charge in [0.2, 0.25) is 5.91 Å². The maximum Gasteiger partial charge on any atom is 0.297 e. The lowest BCUT2D eigenvalue weighted by molar-refractivity contribution is -0.114. The van der Waals surface area contributed by atoms with Gasteiger partial charge in [-0.25, -0.2) is 0 Å². The molecule has 0 saturated heterocycles. The third kappa shape index (κ3) is 5.36. The van der Waals surface area contributed by atoms with Gasteiger partial charge in [-0.05, 0) is 43.3 Å². The maximum absolute atomic E-state index is 12.0. The van der Waals surface area contributed by atoms with Gasteiger partial charge < -0.3 is 10.1 Å². The Labute approximate surface area is 141 Å². The first kappa shape index (κ1) is 18.0. The van der Waals surface area contributed by atoms with Crippen molar-refractivity contribution in [3.8, 4) is 5.75 Å². The molecule has 7 heteroatoms. The normalized spacial score (nSPS) is 11.1. The fourth-order valence-electron chi connectivity index (χ4n) is 1.91. The molecule has 0 aromatic heterocycles. The summed E-state index contributed by atoms with van der Waals surface area (Å²) in [5.74, 6) is 0.402. The summed E-state index contributed by atoms with van der Waals surface area (Å²) < 4.78 is 34.3. The first-order chi connectivity index (χ1) is 11.4. The Kier molecular flexibility index (Phi) is 5.94. The maximum atomic E-state index is 12.0. The summed E-state index contributed by atoms with van der Waals surface area (Å²) >= 11 is 0. The summed E-state index contributed by atoms with van der Waals surface area (Å²) in [7, 11) is -3.78. The molecule has 0 bridgehead atoms. The van der Waals surface area contributed by atoms with Crippen LogP contribution < -0.4 is 10.1 Å². The molecule has 2 aromatic rings. The van der Waals surface area contributed by atoms with Crippen molar-refractivity contribution in [2.24, 2.45) is 0 Å². The predicted octanol–water partition coefficient (Wildman–Crippen LogP) is 2.74. The molecular formula is C17H19NO5S. The lowest BCUT2D eigenvalue weighted by Gasteiger charge is -2.09. The van der Waals surface area contributed by atoms with Crippen LogP contribution in [0.4, 0.5) is 5.69 Å². The van der Waals surface area contributed by atoms with Gasteiger partial charge in [0, 0.05) is 12.6 Å². The second-order valence-corrected chi connectivity index (χ2v) is 6.76. The summed E-state index contributed by atoms with van der Waals surface area (Å²) in [5, 5.41) is 2.64. The number of carbonyl (C=O) groups excluding carboxylic acids is 1. The van der Waals surface area contributed by atoms with Crippen LogP contribution in [0.3, 0.4) is 0 Å². The standard InChI is InChI=1S/C17H19NO5S/c1-13-3-9-17(10-4-13)24(20,21)23-12-11-22-16-7-5-15(6-8-16)18-14(2)19/h3-10H,11-12H2,1-2H3,(H,18,19). The molecule has 128 valence electrons. The van der Waals surface area contributed by atoms with Crippen molar-refractivity contribution in [3.05, 3.63) is 54.1 Å². The van der Waals surface area contributed by atoms with Crippen LogP contribution in [0.1, 0.15) is 12.5 Å². The van der Waals surface area contributed by atoms with Gasteiger partial charge in [-0.2, -0.15) is 8.42 Å². The second-order valence-electron chi connectivity index (χ2n) is 5.14. The smallest absolute Gasteiger partial charge is 0.297 e. The van der Waals surface area contributed by atoms with Gasteiger partial charge in [-0.15, -0.1) is 0 Å². The number of ether oxygens (including phenoxy) is 1. The van der Waals surface area contributed by atoms with Crippen LogP contribution in [0.15, 0.2) is 53.4 Å². The molecule has 0 fully saturated rings. The number of amides is 1. The minimum absolute atomic E-state index is 0.0879. The number of hydrogen-bond donors (Lipinski definition) is 1. The van der Waals surface area contributed by atoms with Gasteiger partial charge >= 0.3 is 0 Å². The minimum Gasteiger partial charge on any atom is -0.491 e. The van der Waals surface area contributed by atoms with E-state index in [1.165, 1.54) is 19.1 Å². The molecule has 0 heterocycles. The zero-order valence-corrected chi connectivity index (χ0v) is 14.3. The Hall–Kier alpha value is -2.38. The molecule has 0 aliphatic carbocycles. The van der Waals surface area contributed by atoms with Crippen LogP contribution in [0.2, 0.25) is 0 Å². The molecule has 1 N–H and O–H groups in total. The van der Waals surface area contributed by atoms with Gasteiger partial charge in [0.1, 0.15) is 19.0 Å². The largest absolute Gasteiger partial charge is 0.491 e. The number of benzene rings is 2. The third-order valence-corrected chi connectivity index (χ3v) is 4.40. The number of nitrogens with one attached hydrogen (secondary N) is 1. The van der Waals surface area contributed by atoms with E-state index in [0.717, 1.165) is 5.56 Å². The monoisotopic (exact) mass is 349 g/mol. The lowest BCUT2D eigenvalue weighted by atomic mass is 10.2. The van der Waals surface area contributed by atoms with E-state index in [4.69, 9.17) is 8.92 Å². The van der Waals surface area contributed by atoms with Crippen LogP contribution in [0.25, 0.3) is 0 Å². The second kappa shape index (κ2) is 7.94. The number of aryl methyl sites for hydroxylation is 1. The van der Waals surface area contributed by atoms with Gasteiger partial charge in [0.05, 0.1) is 4.90 Å². The summed E-state index contributed by atoms with van der Waals surface area (Å²) in [6, 6.07) is 13.2. The van der Waals surface area contributed by atoms with Gasteiger partial charge in [-0.3, -0.25) is 8.98 Å². The van der Waals surface area contributed by atoms with Crippen LogP contribution in [-0.4, -0.2) is 27.5 Å². The van der Waals surface area contributed by atoms with Gasteiger partial charge in [-0.1, -0.05) is 17.7 Å². The van der Waals surface area contributed by atoms with Crippen molar-refractivity contribution in [1.29, 1.82) is 0 Å². The highest BCUT2D eigenvalue weighted by molar-refractivity contribution is 7.86. The van der Waals surface area contributed by atoms with Crippen LogP contribution in [0.5, 0.6) is 5.75 Å². The fraction of sp³-hybridized carbons (Fsp3) is 0.235. The van der Waals surface area contributed by atoms with E-state index in [9.17, 15) is 13.2 Å². The van der Waals surface area contributed by atoms with Crippen LogP contribution in [0, 0.1) is 6.92 Å². The summed E-state index contributed by atoms with van der Waals surface area (Å²) in [6.45, 7) is 3.30. The topological polar surface area (TPSA) is 81.7 Å². The number of rotatable bonds is 7. The van der Waals surface area contributed by atoms with Crippen molar-refractivity contribution in [2.45, 2.75) is 18.7 Å². The highest BCUT2D eigenvalue weighted by atomic mass is 32.2. The first-order valence-electron chi connectivity index (χ1n) is 7.33. The molecule has 0 unspecified atom stereocenters. The average Bonchev–Trinajstić information content (AvgIpc) is 2.53. The summed E-state index contributed by atoms with van der Waals surface area (Å²) in [6.07, 6.45) is 0. The molecular weight excluding hydrogens is 330 g/mol. The van der Waals surface area contributed by atoms with Gasteiger partial charge in [0.15, 0.2) is 0 Å². The van der Waals surface area contributed by atoms with E-state index >= 15 is 0 Å². The van der Waals surface area contributed by atoms with E-state index in [2.05, 4.69) is 5.32 Å². The lowest BCUT2D eigenvalue weighted by Crippen LogP contribution is -2.13. The third-order valence-electron chi connectivity index (χ3n) is 3.07. The van der Waals surface area contributed by atoms with Crippen molar-refractivity contribution in [3.63, 3.8) is 0 Å². The van der Waals surface area contributed by atoms with Crippen molar-refractivity contribution >= 4 is 21.7 Å². The number of anilines is 1. The SMILES string of the molecule is CC(=O)Nc1ccc(OCCOS(=O)(=O)c2ccc(C)cc2)cc1. The van der Waals surface area contributed by atoms with Gasteiger partial charge in [0.25, 0.3) is 10.1 Å². The molecule has 0 aliphatic heterocycles. The first-order valence-corrected chi connectivity index (χ1v) is 8.74. The predicted molar refractivity (Wildman–Crippen MR) is 90.6 cm³/mol. The quantitative estimate of drug-likeness (QED) is 0.614. The minimum atomic E-state index is -3.78. The van der Waals surface area contributed by atoms with Crippen LogP contribution in [-0.2, 0) is 19.1 Å². The molecule has 0 radical (unpaired) electrons. The molecule has 1 amide bonds. The highest BCUT2D eigenvalue weighted by Gasteiger charge is 2.14. The number of hydrogen-bond acceptors (Lipinski definition) is 5. The Balaban J connectivity index is 1.82. The zero-order chi connectivity index (χ0) is 17.6. The highest BCUT2D eigenvalue weighted by Crippen LogP contribution is 2.16. The molecule has 24 heavy (non-hydrogen) atoms. The Morgan fingerprint density at radius 3 is 2.21 bits per heavy atom. The molecule has 0 saturated carbocycles. The van der Waals surface area contributed by atoms with E-state index in [1.807, 2.05) is 6.92 Å². The molecule has 0 spiro atoms. The molecule has 2 rings (SSSR count). The summed E-state index contributed by atoms with van der Waals surface area (Å²) in [4.78, 5) is 11.0.